The highest BCUT2D eigenvalue weighted by atomic mass is 16.6. The molecule has 4 nitrogen and oxygen atoms in total. The zero-order valence-electron chi connectivity index (χ0n) is 10.2. The predicted octanol–water partition coefficient (Wildman–Crippen LogP) is 1.99. The lowest BCUT2D eigenvalue weighted by molar-refractivity contribution is -0.163. The summed E-state index contributed by atoms with van der Waals surface area (Å²) in [6.45, 7) is 3.17. The Morgan fingerprint density at radius 2 is 2.00 bits per heavy atom. The average molecular weight is 243 g/mol. The van der Waals surface area contributed by atoms with Crippen LogP contribution >= 0.6 is 0 Å². The molecule has 0 fully saturated rings. The molecule has 4 heteroatoms. The van der Waals surface area contributed by atoms with Gasteiger partial charge in [0.1, 0.15) is 5.76 Å². The van der Waals surface area contributed by atoms with Gasteiger partial charge in [0, 0.05) is 18.1 Å². The molecule has 1 N–H and O–H groups in total. The Morgan fingerprint density at radius 3 is 2.50 bits per heavy atom. The van der Waals surface area contributed by atoms with E-state index in [1.165, 1.54) is 6.92 Å². The number of ketones is 1. The number of rotatable bonds is 2. The number of Topliss-reactive ketones (excluding diaryl/α,β-unsaturated/α-hetero) is 1. The molecule has 1 aliphatic rings. The highest BCUT2D eigenvalue weighted by Crippen LogP contribution is 2.36. The van der Waals surface area contributed by atoms with E-state index >= 15 is 0 Å². The first-order valence-corrected chi connectivity index (χ1v) is 5.69. The summed E-state index contributed by atoms with van der Waals surface area (Å²) in [5.74, 6) is -1.78. The van der Waals surface area contributed by atoms with Crippen molar-refractivity contribution >= 4 is 11.5 Å². The third-order valence-corrected chi connectivity index (χ3v) is 2.90. The second kappa shape index (κ2) is 4.28. The van der Waals surface area contributed by atoms with Crippen LogP contribution in [-0.2, 0) is 9.53 Å². The van der Waals surface area contributed by atoms with Crippen LogP contribution in [0.25, 0.3) is 5.76 Å². The fraction of sp³-hybridized carbons (Fsp3) is 0.286. The standard InChI is InChI=1S/C14H13NO3/c1-3-11-12(18-14(2,17)13(11)16)10-6-4-9(8-15)5-7-10/h4-7,17H,3H2,1-2H3. The Kier molecular flexibility index (Phi) is 2.93. The Balaban J connectivity index is 2.46. The summed E-state index contributed by atoms with van der Waals surface area (Å²) in [6, 6.07) is 8.73. The van der Waals surface area contributed by atoms with Crippen molar-refractivity contribution in [2.75, 3.05) is 0 Å². The number of benzene rings is 1. The SMILES string of the molecule is CCC1=C(c2ccc(C#N)cc2)OC(C)(O)C1=O. The molecule has 0 radical (unpaired) electrons. The van der Waals surface area contributed by atoms with Gasteiger partial charge < -0.3 is 9.84 Å². The maximum Gasteiger partial charge on any atom is 0.269 e. The number of hydrogen-bond acceptors (Lipinski definition) is 4. The Bertz CT molecular complexity index is 562. The third kappa shape index (κ3) is 1.89. The molecule has 0 saturated carbocycles. The van der Waals surface area contributed by atoms with Crippen LogP contribution in [-0.4, -0.2) is 16.7 Å². The van der Waals surface area contributed by atoms with Gasteiger partial charge in [-0.25, -0.2) is 0 Å². The molecule has 0 spiro atoms. The molecule has 0 bridgehead atoms. The molecule has 0 aromatic heterocycles. The molecule has 92 valence electrons. The molecule has 1 unspecified atom stereocenters. The van der Waals surface area contributed by atoms with E-state index in [4.69, 9.17) is 10.00 Å². The number of aliphatic hydroxyl groups is 1. The first kappa shape index (κ1) is 12.3. The van der Waals surface area contributed by atoms with E-state index in [0.717, 1.165) is 0 Å². The van der Waals surface area contributed by atoms with E-state index < -0.39 is 11.6 Å². The van der Waals surface area contributed by atoms with E-state index in [-0.39, 0.29) is 0 Å². The van der Waals surface area contributed by atoms with Gasteiger partial charge in [-0.3, -0.25) is 4.79 Å². The van der Waals surface area contributed by atoms with Crippen molar-refractivity contribution in [3.8, 4) is 6.07 Å². The molecule has 1 atom stereocenters. The molecule has 0 aliphatic carbocycles. The molecule has 18 heavy (non-hydrogen) atoms. The molecule has 2 rings (SSSR count). The quantitative estimate of drug-likeness (QED) is 0.862. The topological polar surface area (TPSA) is 70.3 Å². The predicted molar refractivity (Wildman–Crippen MR) is 65.1 cm³/mol. The van der Waals surface area contributed by atoms with Crippen molar-refractivity contribution in [1.82, 2.24) is 0 Å². The van der Waals surface area contributed by atoms with Gasteiger partial charge in [0.05, 0.1) is 11.6 Å². The van der Waals surface area contributed by atoms with Gasteiger partial charge >= 0.3 is 0 Å². The van der Waals surface area contributed by atoms with Gasteiger partial charge in [-0.2, -0.15) is 5.26 Å². The summed E-state index contributed by atoms with van der Waals surface area (Å²) in [5.41, 5.74) is 1.70. The molecule has 1 aromatic carbocycles. The van der Waals surface area contributed by atoms with E-state index in [9.17, 15) is 9.90 Å². The van der Waals surface area contributed by atoms with Crippen LogP contribution in [0.2, 0.25) is 0 Å². The van der Waals surface area contributed by atoms with E-state index in [1.807, 2.05) is 13.0 Å². The highest BCUT2D eigenvalue weighted by Gasteiger charge is 2.43. The minimum Gasteiger partial charge on any atom is -0.454 e. The van der Waals surface area contributed by atoms with Crippen LogP contribution in [0.1, 0.15) is 31.4 Å². The van der Waals surface area contributed by atoms with E-state index in [2.05, 4.69) is 0 Å². The van der Waals surface area contributed by atoms with Crippen LogP contribution in [0.5, 0.6) is 0 Å². The normalized spacial score (nSPS) is 22.9. The zero-order valence-corrected chi connectivity index (χ0v) is 10.2. The first-order chi connectivity index (χ1) is 8.49. The van der Waals surface area contributed by atoms with E-state index in [1.54, 1.807) is 24.3 Å². The minimum absolute atomic E-state index is 0.399. The molecule has 0 amide bonds. The van der Waals surface area contributed by atoms with Crippen LogP contribution in [0.15, 0.2) is 29.8 Å². The summed E-state index contributed by atoms with van der Waals surface area (Å²) in [4.78, 5) is 11.9. The monoisotopic (exact) mass is 243 g/mol. The second-order valence-corrected chi connectivity index (χ2v) is 4.26. The van der Waals surface area contributed by atoms with Gasteiger partial charge in [-0.1, -0.05) is 6.92 Å². The summed E-state index contributed by atoms with van der Waals surface area (Å²) in [5, 5.41) is 18.6. The number of carbonyl (C=O) groups is 1. The van der Waals surface area contributed by atoms with Crippen molar-refractivity contribution in [3.05, 3.63) is 41.0 Å². The number of carbonyl (C=O) groups excluding carboxylic acids is 1. The molecule has 1 heterocycles. The Hall–Kier alpha value is -2.12. The van der Waals surface area contributed by atoms with Crippen LogP contribution in [0, 0.1) is 11.3 Å². The van der Waals surface area contributed by atoms with Crippen molar-refractivity contribution < 1.29 is 14.6 Å². The number of nitrogens with zero attached hydrogens (tertiary/aromatic N) is 1. The van der Waals surface area contributed by atoms with Gasteiger partial charge in [0.25, 0.3) is 5.79 Å². The van der Waals surface area contributed by atoms with Crippen molar-refractivity contribution in [3.63, 3.8) is 0 Å². The lowest BCUT2D eigenvalue weighted by Crippen LogP contribution is -2.33. The Morgan fingerprint density at radius 1 is 1.39 bits per heavy atom. The highest BCUT2D eigenvalue weighted by molar-refractivity contribution is 6.09. The molecule has 1 aromatic rings. The lowest BCUT2D eigenvalue weighted by atomic mass is 10.0. The molecule has 0 saturated heterocycles. The van der Waals surface area contributed by atoms with Gasteiger partial charge in [0.2, 0.25) is 5.78 Å². The zero-order chi connectivity index (χ0) is 13.3. The van der Waals surface area contributed by atoms with Crippen molar-refractivity contribution in [2.45, 2.75) is 26.1 Å². The molecular weight excluding hydrogens is 230 g/mol. The van der Waals surface area contributed by atoms with Crippen LogP contribution in [0.3, 0.4) is 0 Å². The third-order valence-electron chi connectivity index (χ3n) is 2.90. The Labute approximate surface area is 105 Å². The van der Waals surface area contributed by atoms with Crippen LogP contribution in [0.4, 0.5) is 0 Å². The summed E-state index contributed by atoms with van der Waals surface area (Å²) in [6.07, 6.45) is 0.490. The largest absolute Gasteiger partial charge is 0.454 e. The molecule has 1 aliphatic heterocycles. The van der Waals surface area contributed by atoms with Crippen LogP contribution < -0.4 is 0 Å². The fourth-order valence-corrected chi connectivity index (χ4v) is 1.94. The maximum absolute atomic E-state index is 11.9. The maximum atomic E-state index is 11.9. The number of hydrogen-bond donors (Lipinski definition) is 1. The number of nitriles is 1. The lowest BCUT2D eigenvalue weighted by Gasteiger charge is -2.16. The minimum atomic E-state index is -1.78. The summed E-state index contributed by atoms with van der Waals surface area (Å²) in [7, 11) is 0. The average Bonchev–Trinajstić information content (AvgIpc) is 2.60. The fourth-order valence-electron chi connectivity index (χ4n) is 1.94. The smallest absolute Gasteiger partial charge is 0.269 e. The van der Waals surface area contributed by atoms with Gasteiger partial charge in [0.15, 0.2) is 0 Å². The van der Waals surface area contributed by atoms with Gasteiger partial charge in [-0.05, 0) is 30.7 Å². The molecular formula is C14H13NO3. The summed E-state index contributed by atoms with van der Waals surface area (Å²) < 4.78 is 5.33. The number of ether oxygens (including phenoxy) is 1. The summed E-state index contributed by atoms with van der Waals surface area (Å²) >= 11 is 0. The van der Waals surface area contributed by atoms with Crippen molar-refractivity contribution in [1.29, 1.82) is 5.26 Å². The van der Waals surface area contributed by atoms with Gasteiger partial charge in [-0.15, -0.1) is 0 Å². The second-order valence-electron chi connectivity index (χ2n) is 4.26. The first-order valence-electron chi connectivity index (χ1n) is 5.69. The van der Waals surface area contributed by atoms with Crippen molar-refractivity contribution in [2.24, 2.45) is 0 Å². The van der Waals surface area contributed by atoms with E-state index in [0.29, 0.717) is 28.9 Å².